The van der Waals surface area contributed by atoms with E-state index in [1.807, 2.05) is 13.8 Å². The number of benzene rings is 2. The van der Waals surface area contributed by atoms with Crippen LogP contribution in [-0.2, 0) is 0 Å². The second-order valence-corrected chi connectivity index (χ2v) is 7.21. The fraction of sp³-hybridized carbons (Fsp3) is 0.167. The summed E-state index contributed by atoms with van der Waals surface area (Å²) in [6.45, 7) is 3.88. The molecule has 3 N–H and O–H groups in total. The van der Waals surface area contributed by atoms with Crippen molar-refractivity contribution in [1.82, 2.24) is 10.3 Å². The number of nitrogens with zero attached hydrogens (tertiary/aromatic N) is 1. The molecule has 6 nitrogen and oxygen atoms in total. The highest BCUT2D eigenvalue weighted by molar-refractivity contribution is 7.80. The van der Waals surface area contributed by atoms with Crippen LogP contribution in [0.3, 0.4) is 0 Å². The van der Waals surface area contributed by atoms with Crippen molar-refractivity contribution in [3.8, 4) is 11.5 Å². The van der Waals surface area contributed by atoms with Crippen LogP contribution in [0.2, 0.25) is 0 Å². The molecule has 134 valence electrons. The van der Waals surface area contributed by atoms with Crippen molar-refractivity contribution in [3.63, 3.8) is 0 Å². The monoisotopic (exact) mass is 387 g/mol. The Morgan fingerprint density at radius 2 is 1.96 bits per heavy atom. The maximum absolute atomic E-state index is 12.3. The van der Waals surface area contributed by atoms with Gasteiger partial charge in [-0.15, -0.1) is 0 Å². The summed E-state index contributed by atoms with van der Waals surface area (Å²) in [7, 11) is 0. The Labute approximate surface area is 159 Å². The second-order valence-electron chi connectivity index (χ2n) is 5.77. The Morgan fingerprint density at radius 3 is 2.65 bits per heavy atom. The predicted octanol–water partition coefficient (Wildman–Crippen LogP) is 3.92. The molecule has 0 unspecified atom stereocenters. The Bertz CT molecular complexity index is 952. The SMILES string of the molecule is CC(C)Oc1ccc(C(=O)NC(=S)Nc2nc3ccc(O)cc3s2)cc1. The molecule has 0 spiro atoms. The highest BCUT2D eigenvalue weighted by atomic mass is 32.1. The molecule has 0 aliphatic carbocycles. The van der Waals surface area contributed by atoms with Crippen molar-refractivity contribution >= 4 is 49.9 Å². The number of nitrogens with one attached hydrogen (secondary N) is 2. The molecule has 8 heteroatoms. The van der Waals surface area contributed by atoms with E-state index in [1.54, 1.807) is 42.5 Å². The first kappa shape index (κ1) is 18.1. The van der Waals surface area contributed by atoms with Gasteiger partial charge >= 0.3 is 0 Å². The van der Waals surface area contributed by atoms with Crippen LogP contribution in [0.1, 0.15) is 24.2 Å². The van der Waals surface area contributed by atoms with E-state index in [0.29, 0.717) is 16.4 Å². The third kappa shape index (κ3) is 4.47. The van der Waals surface area contributed by atoms with Gasteiger partial charge in [0.05, 0.1) is 16.3 Å². The average molecular weight is 387 g/mol. The lowest BCUT2D eigenvalue weighted by atomic mass is 10.2. The smallest absolute Gasteiger partial charge is 0.257 e. The van der Waals surface area contributed by atoms with Gasteiger partial charge in [0.1, 0.15) is 11.5 Å². The van der Waals surface area contributed by atoms with E-state index in [2.05, 4.69) is 15.6 Å². The van der Waals surface area contributed by atoms with Gasteiger partial charge in [-0.3, -0.25) is 10.1 Å². The van der Waals surface area contributed by atoms with Gasteiger partial charge in [0, 0.05) is 5.56 Å². The molecule has 0 bridgehead atoms. The Kier molecular flexibility index (Phi) is 5.34. The number of phenols is 1. The van der Waals surface area contributed by atoms with Crippen LogP contribution in [0.5, 0.6) is 11.5 Å². The number of aromatic hydroxyl groups is 1. The lowest BCUT2D eigenvalue weighted by molar-refractivity contribution is 0.0977. The van der Waals surface area contributed by atoms with E-state index >= 15 is 0 Å². The minimum Gasteiger partial charge on any atom is -0.508 e. The third-order valence-electron chi connectivity index (χ3n) is 3.31. The zero-order valence-corrected chi connectivity index (χ0v) is 15.8. The molecule has 1 heterocycles. The molecule has 26 heavy (non-hydrogen) atoms. The van der Waals surface area contributed by atoms with E-state index in [1.165, 1.54) is 11.3 Å². The van der Waals surface area contributed by atoms with Gasteiger partial charge in [0.2, 0.25) is 0 Å². The van der Waals surface area contributed by atoms with E-state index < -0.39 is 0 Å². The van der Waals surface area contributed by atoms with E-state index in [0.717, 1.165) is 10.2 Å². The molecule has 1 aromatic heterocycles. The van der Waals surface area contributed by atoms with Crippen molar-refractivity contribution < 1.29 is 14.6 Å². The topological polar surface area (TPSA) is 83.5 Å². The molecular formula is C18H17N3O3S2. The molecule has 0 aliphatic rings. The first-order chi connectivity index (χ1) is 12.4. The fourth-order valence-electron chi connectivity index (χ4n) is 2.23. The number of anilines is 1. The highest BCUT2D eigenvalue weighted by Gasteiger charge is 2.11. The van der Waals surface area contributed by atoms with Gasteiger partial charge in [-0.05, 0) is 68.5 Å². The predicted molar refractivity (Wildman–Crippen MR) is 107 cm³/mol. The minimum atomic E-state index is -0.322. The summed E-state index contributed by atoms with van der Waals surface area (Å²) in [6, 6.07) is 11.7. The van der Waals surface area contributed by atoms with Crippen LogP contribution in [0.4, 0.5) is 5.13 Å². The second kappa shape index (κ2) is 7.67. The van der Waals surface area contributed by atoms with Crippen LogP contribution >= 0.6 is 23.6 Å². The lowest BCUT2D eigenvalue weighted by Crippen LogP contribution is -2.34. The molecule has 0 radical (unpaired) electrons. The van der Waals surface area contributed by atoms with Gasteiger partial charge < -0.3 is 15.2 Å². The number of ether oxygens (including phenoxy) is 1. The van der Waals surface area contributed by atoms with Crippen LogP contribution in [0.15, 0.2) is 42.5 Å². The standard InChI is InChI=1S/C18H17N3O3S2/c1-10(2)24-13-6-3-11(4-7-13)16(23)20-17(25)21-18-19-14-8-5-12(22)9-15(14)26-18/h3-10,22H,1-2H3,(H2,19,20,21,23,25). The van der Waals surface area contributed by atoms with Gasteiger partial charge in [-0.2, -0.15) is 0 Å². The molecular weight excluding hydrogens is 370 g/mol. The molecule has 0 saturated carbocycles. The summed E-state index contributed by atoms with van der Waals surface area (Å²) in [6.07, 6.45) is 0.0715. The van der Waals surface area contributed by atoms with Crippen LogP contribution in [0, 0.1) is 0 Å². The molecule has 1 amide bonds. The summed E-state index contributed by atoms with van der Waals surface area (Å²) in [5, 5.41) is 15.7. The summed E-state index contributed by atoms with van der Waals surface area (Å²) >= 11 is 6.51. The number of amides is 1. The number of carbonyl (C=O) groups is 1. The summed E-state index contributed by atoms with van der Waals surface area (Å²) in [4.78, 5) is 16.6. The molecule has 3 rings (SSSR count). The largest absolute Gasteiger partial charge is 0.508 e. The number of carbonyl (C=O) groups excluding carboxylic acids is 1. The van der Waals surface area contributed by atoms with Crippen molar-refractivity contribution in [2.45, 2.75) is 20.0 Å². The number of fused-ring (bicyclic) bond motifs is 1. The third-order valence-corrected chi connectivity index (χ3v) is 4.45. The van der Waals surface area contributed by atoms with Crippen molar-refractivity contribution in [2.75, 3.05) is 5.32 Å². The van der Waals surface area contributed by atoms with Crippen LogP contribution in [-0.4, -0.2) is 27.2 Å². The number of hydrogen-bond acceptors (Lipinski definition) is 6. The summed E-state index contributed by atoms with van der Waals surface area (Å²) < 4.78 is 6.37. The molecule has 0 saturated heterocycles. The lowest BCUT2D eigenvalue weighted by Gasteiger charge is -2.10. The van der Waals surface area contributed by atoms with Crippen LogP contribution in [0.25, 0.3) is 10.2 Å². The van der Waals surface area contributed by atoms with E-state index in [-0.39, 0.29) is 22.9 Å². The molecule has 3 aromatic rings. The maximum atomic E-state index is 12.3. The van der Waals surface area contributed by atoms with Gasteiger partial charge in [-0.25, -0.2) is 4.98 Å². The Morgan fingerprint density at radius 1 is 1.23 bits per heavy atom. The van der Waals surface area contributed by atoms with E-state index in [4.69, 9.17) is 17.0 Å². The summed E-state index contributed by atoms with van der Waals surface area (Å²) in [5.74, 6) is 0.556. The molecule has 2 aromatic carbocycles. The fourth-order valence-corrected chi connectivity index (χ4v) is 3.38. The van der Waals surface area contributed by atoms with Crippen molar-refractivity contribution in [2.24, 2.45) is 0 Å². The maximum Gasteiger partial charge on any atom is 0.257 e. The summed E-state index contributed by atoms with van der Waals surface area (Å²) in [5.41, 5.74) is 1.21. The molecule has 0 atom stereocenters. The number of aromatic nitrogens is 1. The highest BCUT2D eigenvalue weighted by Crippen LogP contribution is 2.28. The zero-order valence-electron chi connectivity index (χ0n) is 14.1. The minimum absolute atomic E-state index is 0.0715. The Hall–Kier alpha value is -2.71. The van der Waals surface area contributed by atoms with Crippen LogP contribution < -0.4 is 15.4 Å². The number of hydrogen-bond donors (Lipinski definition) is 3. The van der Waals surface area contributed by atoms with Crippen molar-refractivity contribution in [1.29, 1.82) is 0 Å². The van der Waals surface area contributed by atoms with Crippen molar-refractivity contribution in [3.05, 3.63) is 48.0 Å². The van der Waals surface area contributed by atoms with Gasteiger partial charge in [-0.1, -0.05) is 11.3 Å². The number of phenolic OH excluding ortho intramolecular Hbond substituents is 1. The first-order valence-electron chi connectivity index (χ1n) is 7.89. The van der Waals surface area contributed by atoms with E-state index in [9.17, 15) is 9.90 Å². The first-order valence-corrected chi connectivity index (χ1v) is 9.12. The Balaban J connectivity index is 1.62. The number of thiocarbonyl (C=S) groups is 1. The van der Waals surface area contributed by atoms with Gasteiger partial charge in [0.25, 0.3) is 5.91 Å². The number of rotatable bonds is 4. The average Bonchev–Trinajstić information content (AvgIpc) is 2.95. The normalized spacial score (nSPS) is 10.7. The van der Waals surface area contributed by atoms with Gasteiger partial charge in [0.15, 0.2) is 10.2 Å². The molecule has 0 aliphatic heterocycles. The number of thiazole rings is 1. The molecule has 0 fully saturated rings. The quantitative estimate of drug-likeness (QED) is 0.589. The zero-order chi connectivity index (χ0) is 18.7.